The van der Waals surface area contributed by atoms with Gasteiger partial charge in [0.05, 0.1) is 12.1 Å². The fourth-order valence-electron chi connectivity index (χ4n) is 1.68. The van der Waals surface area contributed by atoms with Gasteiger partial charge in [-0.1, -0.05) is 0 Å². The number of rotatable bonds is 3. The summed E-state index contributed by atoms with van der Waals surface area (Å²) in [5.74, 6) is -0.367. The van der Waals surface area contributed by atoms with Crippen molar-refractivity contribution in [1.29, 1.82) is 0 Å². The lowest BCUT2D eigenvalue weighted by Crippen LogP contribution is -2.07. The molecular weight excluding hydrogens is 204 g/mol. The summed E-state index contributed by atoms with van der Waals surface area (Å²) in [7, 11) is 0. The van der Waals surface area contributed by atoms with Gasteiger partial charge in [0.25, 0.3) is 0 Å². The molecule has 4 heteroatoms. The van der Waals surface area contributed by atoms with Gasteiger partial charge in [0.1, 0.15) is 5.69 Å². The van der Waals surface area contributed by atoms with Gasteiger partial charge in [-0.3, -0.25) is 0 Å². The largest absolute Gasteiger partial charge is 0.461 e. The quantitative estimate of drug-likeness (QED) is 0.742. The standard InChI is InChI=1S/C12H14N2O2/c1-3-14-6-5-9-8-13-10(7-11(9)14)12(15)16-4-2/h5-8H,3-4H2,1-2H3. The third-order valence-corrected chi connectivity index (χ3v) is 2.48. The molecule has 0 spiro atoms. The lowest BCUT2D eigenvalue weighted by molar-refractivity contribution is 0.0519. The molecule has 0 saturated heterocycles. The normalized spacial score (nSPS) is 10.6. The molecule has 16 heavy (non-hydrogen) atoms. The van der Waals surface area contributed by atoms with Crippen LogP contribution in [0.1, 0.15) is 24.3 Å². The Balaban J connectivity index is 2.45. The van der Waals surface area contributed by atoms with Crippen molar-refractivity contribution in [3.05, 3.63) is 30.2 Å². The van der Waals surface area contributed by atoms with Crippen LogP contribution in [0.5, 0.6) is 0 Å². The van der Waals surface area contributed by atoms with Crippen LogP contribution in [0.3, 0.4) is 0 Å². The lowest BCUT2D eigenvalue weighted by Gasteiger charge is -2.03. The molecule has 0 unspecified atom stereocenters. The van der Waals surface area contributed by atoms with Crippen molar-refractivity contribution in [3.63, 3.8) is 0 Å². The number of carbonyl (C=O) groups is 1. The van der Waals surface area contributed by atoms with Crippen LogP contribution in [-0.2, 0) is 11.3 Å². The van der Waals surface area contributed by atoms with E-state index in [0.717, 1.165) is 17.4 Å². The number of hydrogen-bond donors (Lipinski definition) is 0. The zero-order chi connectivity index (χ0) is 11.5. The SMILES string of the molecule is CCOC(=O)c1cc2c(ccn2CC)cn1. The zero-order valence-electron chi connectivity index (χ0n) is 9.43. The molecule has 2 aromatic heterocycles. The highest BCUT2D eigenvalue weighted by Crippen LogP contribution is 2.16. The average Bonchev–Trinajstić information content (AvgIpc) is 2.71. The van der Waals surface area contributed by atoms with Gasteiger partial charge in [-0.15, -0.1) is 0 Å². The van der Waals surface area contributed by atoms with Crippen molar-refractivity contribution >= 4 is 16.9 Å². The number of esters is 1. The Bertz CT molecular complexity index is 517. The molecule has 2 aromatic rings. The second kappa shape index (κ2) is 4.35. The van der Waals surface area contributed by atoms with Crippen LogP contribution in [0, 0.1) is 0 Å². The Hall–Kier alpha value is -1.84. The highest BCUT2D eigenvalue weighted by molar-refractivity contribution is 5.92. The van der Waals surface area contributed by atoms with E-state index in [1.54, 1.807) is 19.2 Å². The minimum atomic E-state index is -0.367. The summed E-state index contributed by atoms with van der Waals surface area (Å²) < 4.78 is 6.99. The molecule has 2 heterocycles. The molecule has 0 radical (unpaired) electrons. The van der Waals surface area contributed by atoms with Crippen LogP contribution in [-0.4, -0.2) is 22.1 Å². The van der Waals surface area contributed by atoms with Gasteiger partial charge >= 0.3 is 5.97 Å². The van der Waals surface area contributed by atoms with Crippen LogP contribution in [0.15, 0.2) is 24.5 Å². The first-order valence-corrected chi connectivity index (χ1v) is 5.38. The third kappa shape index (κ3) is 1.78. The number of ether oxygens (including phenoxy) is 1. The first-order valence-electron chi connectivity index (χ1n) is 5.38. The summed E-state index contributed by atoms with van der Waals surface area (Å²) in [5.41, 5.74) is 1.38. The van der Waals surface area contributed by atoms with Gasteiger partial charge in [0, 0.05) is 24.3 Å². The summed E-state index contributed by atoms with van der Waals surface area (Å²) in [4.78, 5) is 15.6. The summed E-state index contributed by atoms with van der Waals surface area (Å²) >= 11 is 0. The van der Waals surface area contributed by atoms with E-state index in [4.69, 9.17) is 4.74 Å². The van der Waals surface area contributed by atoms with Crippen LogP contribution < -0.4 is 0 Å². The summed E-state index contributed by atoms with van der Waals surface area (Å²) in [6.45, 7) is 5.08. The highest BCUT2D eigenvalue weighted by atomic mass is 16.5. The molecule has 0 saturated carbocycles. The molecule has 2 rings (SSSR count). The molecule has 0 fully saturated rings. The van der Waals surface area contributed by atoms with E-state index in [-0.39, 0.29) is 5.97 Å². The number of hydrogen-bond acceptors (Lipinski definition) is 3. The molecule has 0 atom stereocenters. The van der Waals surface area contributed by atoms with Crippen molar-refractivity contribution in [2.45, 2.75) is 20.4 Å². The van der Waals surface area contributed by atoms with E-state index < -0.39 is 0 Å². The van der Waals surface area contributed by atoms with Crippen LogP contribution in [0.25, 0.3) is 10.9 Å². The lowest BCUT2D eigenvalue weighted by atomic mass is 10.3. The number of nitrogens with zero attached hydrogens (tertiary/aromatic N) is 2. The summed E-state index contributed by atoms with van der Waals surface area (Å²) in [5, 5.41) is 1.04. The minimum absolute atomic E-state index is 0.364. The van der Waals surface area contributed by atoms with Gasteiger partial charge in [-0.05, 0) is 26.0 Å². The van der Waals surface area contributed by atoms with Crippen LogP contribution >= 0.6 is 0 Å². The molecule has 84 valence electrons. The molecule has 0 N–H and O–H groups in total. The fraction of sp³-hybridized carbons (Fsp3) is 0.333. The number of aryl methyl sites for hydroxylation is 1. The Kier molecular flexibility index (Phi) is 2.90. The minimum Gasteiger partial charge on any atom is -0.461 e. The van der Waals surface area contributed by atoms with E-state index in [2.05, 4.69) is 16.5 Å². The van der Waals surface area contributed by atoms with E-state index >= 15 is 0 Å². The zero-order valence-corrected chi connectivity index (χ0v) is 9.43. The molecule has 0 aliphatic heterocycles. The molecule has 0 amide bonds. The maximum Gasteiger partial charge on any atom is 0.356 e. The molecule has 0 aromatic carbocycles. The fourth-order valence-corrected chi connectivity index (χ4v) is 1.68. The topological polar surface area (TPSA) is 44.1 Å². The van der Waals surface area contributed by atoms with Crippen molar-refractivity contribution in [2.24, 2.45) is 0 Å². The van der Waals surface area contributed by atoms with E-state index in [0.29, 0.717) is 12.3 Å². The highest BCUT2D eigenvalue weighted by Gasteiger charge is 2.10. The van der Waals surface area contributed by atoms with Gasteiger partial charge in [-0.25, -0.2) is 9.78 Å². The average molecular weight is 218 g/mol. The van der Waals surface area contributed by atoms with Gasteiger partial charge < -0.3 is 9.30 Å². The van der Waals surface area contributed by atoms with Gasteiger partial charge in [-0.2, -0.15) is 0 Å². The van der Waals surface area contributed by atoms with Crippen molar-refractivity contribution in [2.75, 3.05) is 6.61 Å². The predicted octanol–water partition coefficient (Wildman–Crippen LogP) is 2.23. The molecular formula is C12H14N2O2. The molecule has 0 aliphatic carbocycles. The first-order chi connectivity index (χ1) is 7.76. The van der Waals surface area contributed by atoms with Gasteiger partial charge in [0.15, 0.2) is 0 Å². The second-order valence-electron chi connectivity index (χ2n) is 3.45. The second-order valence-corrected chi connectivity index (χ2v) is 3.45. The van der Waals surface area contributed by atoms with Crippen molar-refractivity contribution < 1.29 is 9.53 Å². The Labute approximate surface area is 93.9 Å². The van der Waals surface area contributed by atoms with Crippen molar-refractivity contribution in [1.82, 2.24) is 9.55 Å². The monoisotopic (exact) mass is 218 g/mol. The molecule has 0 aliphatic rings. The maximum absolute atomic E-state index is 11.5. The maximum atomic E-state index is 11.5. The van der Waals surface area contributed by atoms with Gasteiger partial charge in [0.2, 0.25) is 0 Å². The van der Waals surface area contributed by atoms with Crippen LogP contribution in [0.2, 0.25) is 0 Å². The van der Waals surface area contributed by atoms with E-state index in [1.807, 2.05) is 12.3 Å². The summed E-state index contributed by atoms with van der Waals surface area (Å²) in [6.07, 6.45) is 3.69. The molecule has 4 nitrogen and oxygen atoms in total. The Morgan fingerprint density at radius 1 is 1.50 bits per heavy atom. The summed E-state index contributed by atoms with van der Waals surface area (Å²) in [6, 6.07) is 3.76. The number of pyridine rings is 1. The van der Waals surface area contributed by atoms with E-state index in [1.165, 1.54) is 0 Å². The Morgan fingerprint density at radius 2 is 2.31 bits per heavy atom. The van der Waals surface area contributed by atoms with Crippen molar-refractivity contribution in [3.8, 4) is 0 Å². The first kappa shape index (κ1) is 10.7. The van der Waals surface area contributed by atoms with Crippen LogP contribution in [0.4, 0.5) is 0 Å². The number of fused-ring (bicyclic) bond motifs is 1. The van der Waals surface area contributed by atoms with E-state index in [9.17, 15) is 4.79 Å². The Morgan fingerprint density at radius 3 is 3.00 bits per heavy atom. The smallest absolute Gasteiger partial charge is 0.356 e. The predicted molar refractivity (Wildman–Crippen MR) is 61.4 cm³/mol. The third-order valence-electron chi connectivity index (χ3n) is 2.48. The molecule has 0 bridgehead atoms. The number of carbonyl (C=O) groups excluding carboxylic acids is 1. The number of aromatic nitrogens is 2.